The summed E-state index contributed by atoms with van der Waals surface area (Å²) in [6, 6.07) is 0. The van der Waals surface area contributed by atoms with Gasteiger partial charge in [-0.3, -0.25) is 9.48 Å². The lowest BCUT2D eigenvalue weighted by atomic mass is 9.54. The fraction of sp³-hybridized carbons (Fsp3) is 0.769. The molecule has 30 heavy (non-hydrogen) atoms. The fourth-order valence-electron chi connectivity index (χ4n) is 7.60. The Bertz CT molecular complexity index is 819. The minimum atomic E-state index is -0.475. The number of ketones is 1. The molecule has 0 aromatic carbocycles. The van der Waals surface area contributed by atoms with Crippen LogP contribution >= 0.6 is 0 Å². The van der Waals surface area contributed by atoms with Gasteiger partial charge in [0.25, 0.3) is 0 Å². The van der Waals surface area contributed by atoms with E-state index in [-0.39, 0.29) is 11.3 Å². The highest BCUT2D eigenvalue weighted by atomic mass is 16.3. The summed E-state index contributed by atoms with van der Waals surface area (Å²) in [6.45, 7) is 7.04. The molecule has 164 valence electrons. The van der Waals surface area contributed by atoms with E-state index in [9.17, 15) is 9.90 Å². The molecule has 4 nitrogen and oxygen atoms in total. The molecule has 3 aliphatic rings. The third kappa shape index (κ3) is 3.86. The second-order valence-corrected chi connectivity index (χ2v) is 10.9. The Kier molecular flexibility index (Phi) is 5.88. The number of carbonyl (C=O) groups is 1. The first-order chi connectivity index (χ1) is 14.3. The van der Waals surface area contributed by atoms with Crippen molar-refractivity contribution in [3.05, 3.63) is 18.0 Å². The van der Waals surface area contributed by atoms with Gasteiger partial charge in [0.1, 0.15) is 0 Å². The Morgan fingerprint density at radius 3 is 2.73 bits per heavy atom. The van der Waals surface area contributed by atoms with Crippen molar-refractivity contribution in [2.24, 2.45) is 35.0 Å². The third-order valence-electron chi connectivity index (χ3n) is 8.98. The number of hydrogen-bond acceptors (Lipinski definition) is 3. The van der Waals surface area contributed by atoms with Crippen LogP contribution in [-0.4, -0.2) is 26.3 Å². The highest BCUT2D eigenvalue weighted by Gasteiger charge is 2.56. The van der Waals surface area contributed by atoms with Gasteiger partial charge in [-0.1, -0.05) is 32.6 Å². The van der Waals surface area contributed by atoms with Crippen LogP contribution in [-0.2, 0) is 11.3 Å². The van der Waals surface area contributed by atoms with E-state index in [2.05, 4.69) is 24.9 Å². The maximum absolute atomic E-state index is 13.3. The maximum atomic E-state index is 13.3. The van der Waals surface area contributed by atoms with Gasteiger partial charge < -0.3 is 5.11 Å². The van der Waals surface area contributed by atoms with Gasteiger partial charge >= 0.3 is 0 Å². The molecular weight excluding hydrogens is 372 g/mol. The number of Topliss-reactive ketones (excluding diaryl/α,β-unsaturated/α-hetero) is 1. The van der Waals surface area contributed by atoms with Crippen molar-refractivity contribution in [3.63, 3.8) is 0 Å². The maximum Gasteiger partial charge on any atom is 0.157 e. The van der Waals surface area contributed by atoms with Crippen molar-refractivity contribution in [2.75, 3.05) is 0 Å². The Hall–Kier alpha value is -1.60. The van der Waals surface area contributed by atoms with Gasteiger partial charge in [0.15, 0.2) is 5.78 Å². The molecule has 3 saturated carbocycles. The smallest absolute Gasteiger partial charge is 0.157 e. The number of rotatable bonds is 6. The highest BCUT2D eigenvalue weighted by Crippen LogP contribution is 2.62. The Morgan fingerprint density at radius 2 is 2.10 bits per heavy atom. The monoisotopic (exact) mass is 410 g/mol. The molecule has 4 heteroatoms. The average Bonchev–Trinajstić information content (AvgIpc) is 3.38. The van der Waals surface area contributed by atoms with E-state index in [1.807, 2.05) is 6.92 Å². The molecule has 7 atom stereocenters. The minimum absolute atomic E-state index is 0.108. The lowest BCUT2D eigenvalue weighted by Gasteiger charge is -2.50. The van der Waals surface area contributed by atoms with Crippen LogP contribution in [0.3, 0.4) is 0 Å². The Morgan fingerprint density at radius 1 is 1.30 bits per heavy atom. The summed E-state index contributed by atoms with van der Waals surface area (Å²) in [5, 5.41) is 14.8. The summed E-state index contributed by atoms with van der Waals surface area (Å²) < 4.78 is 1.71. The van der Waals surface area contributed by atoms with Gasteiger partial charge in [-0.05, 0) is 81.0 Å². The normalized spacial score (nSPS) is 40.8. The zero-order valence-corrected chi connectivity index (χ0v) is 18.9. The van der Waals surface area contributed by atoms with E-state index < -0.39 is 5.60 Å². The molecule has 0 radical (unpaired) electrons. The standard InChI is InChI=1S/C26H38N2O2/c1-5-7-21-20(19-10-12-25(3,30)14-19)11-13-26(4)22(21)8-9-23(26)24(29)17-28-16-18(6-2)15-27-28/h2,15-16,19-23,30H,5,7-14,17H2,1,3-4H3/t19-,20-,21?,22+,23-,25+,26?/m1/s1. The molecule has 1 heterocycles. The minimum Gasteiger partial charge on any atom is -0.390 e. The summed E-state index contributed by atoms with van der Waals surface area (Å²) in [7, 11) is 0. The van der Waals surface area contributed by atoms with Crippen LogP contribution in [0.1, 0.15) is 84.1 Å². The van der Waals surface area contributed by atoms with Crippen LogP contribution in [0.4, 0.5) is 0 Å². The topological polar surface area (TPSA) is 55.1 Å². The summed E-state index contributed by atoms with van der Waals surface area (Å²) in [4.78, 5) is 13.3. The lowest BCUT2D eigenvalue weighted by Crippen LogP contribution is -2.45. The van der Waals surface area contributed by atoms with E-state index in [1.165, 1.54) is 32.1 Å². The van der Waals surface area contributed by atoms with Crippen LogP contribution in [0.5, 0.6) is 0 Å². The summed E-state index contributed by atoms with van der Waals surface area (Å²) in [6.07, 6.45) is 19.0. The van der Waals surface area contributed by atoms with Crippen LogP contribution in [0.15, 0.2) is 12.4 Å². The van der Waals surface area contributed by atoms with Crippen LogP contribution in [0.25, 0.3) is 0 Å². The van der Waals surface area contributed by atoms with Crippen LogP contribution < -0.4 is 0 Å². The fourth-order valence-corrected chi connectivity index (χ4v) is 7.60. The number of aliphatic hydroxyl groups is 1. The zero-order chi connectivity index (χ0) is 21.5. The van der Waals surface area contributed by atoms with E-state index in [0.717, 1.165) is 37.2 Å². The number of aromatic nitrogens is 2. The van der Waals surface area contributed by atoms with Crippen molar-refractivity contribution in [3.8, 4) is 12.3 Å². The van der Waals surface area contributed by atoms with Gasteiger partial charge in [-0.15, -0.1) is 6.42 Å². The molecule has 1 N–H and O–H groups in total. The van der Waals surface area contributed by atoms with Gasteiger partial charge in [0.2, 0.25) is 0 Å². The first-order valence-corrected chi connectivity index (χ1v) is 12.0. The predicted octanol–water partition coefficient (Wildman–Crippen LogP) is 4.84. The highest BCUT2D eigenvalue weighted by molar-refractivity contribution is 5.82. The van der Waals surface area contributed by atoms with Crippen molar-refractivity contribution in [1.29, 1.82) is 0 Å². The summed E-state index contributed by atoms with van der Waals surface area (Å²) in [5.41, 5.74) is 0.364. The van der Waals surface area contributed by atoms with Gasteiger partial charge in [-0.2, -0.15) is 5.10 Å². The van der Waals surface area contributed by atoms with E-state index in [1.54, 1.807) is 17.1 Å². The molecule has 0 amide bonds. The molecule has 0 saturated heterocycles. The van der Waals surface area contributed by atoms with E-state index >= 15 is 0 Å². The van der Waals surface area contributed by atoms with Crippen LogP contribution in [0, 0.1) is 47.3 Å². The predicted molar refractivity (Wildman–Crippen MR) is 119 cm³/mol. The van der Waals surface area contributed by atoms with E-state index in [4.69, 9.17) is 6.42 Å². The summed E-state index contributed by atoms with van der Waals surface area (Å²) >= 11 is 0. The van der Waals surface area contributed by atoms with Gasteiger partial charge in [-0.25, -0.2) is 0 Å². The Balaban J connectivity index is 1.50. The molecule has 0 aliphatic heterocycles. The molecule has 0 bridgehead atoms. The number of hydrogen-bond donors (Lipinski definition) is 1. The Labute approximate surface area is 181 Å². The first-order valence-electron chi connectivity index (χ1n) is 12.0. The van der Waals surface area contributed by atoms with Crippen molar-refractivity contribution < 1.29 is 9.90 Å². The van der Waals surface area contributed by atoms with Gasteiger partial charge in [0, 0.05) is 12.1 Å². The quantitative estimate of drug-likeness (QED) is 0.683. The number of carbonyl (C=O) groups excluding carboxylic acids is 1. The molecule has 3 aliphatic carbocycles. The second-order valence-electron chi connectivity index (χ2n) is 10.9. The molecule has 3 fully saturated rings. The lowest BCUT2D eigenvalue weighted by molar-refractivity contribution is -0.129. The molecule has 1 aromatic heterocycles. The zero-order valence-electron chi connectivity index (χ0n) is 18.9. The van der Waals surface area contributed by atoms with E-state index in [0.29, 0.717) is 30.1 Å². The molecular formula is C26H38N2O2. The van der Waals surface area contributed by atoms with Crippen LogP contribution in [0.2, 0.25) is 0 Å². The largest absolute Gasteiger partial charge is 0.390 e. The van der Waals surface area contributed by atoms with Gasteiger partial charge in [0.05, 0.1) is 23.9 Å². The molecule has 1 aromatic rings. The molecule has 2 unspecified atom stereocenters. The summed E-state index contributed by atoms with van der Waals surface area (Å²) in [5.74, 6) is 5.75. The van der Waals surface area contributed by atoms with Crippen molar-refractivity contribution in [2.45, 2.75) is 90.7 Å². The first kappa shape index (κ1) is 21.6. The SMILES string of the molecule is C#Cc1cnn(CC(=O)[C@H]2CC[C@H]3C(CCC)[C@@H]([C@@H]4CC[C@](C)(O)C4)CCC23C)c1. The number of terminal acetylenes is 1. The number of fused-ring (bicyclic) bond motifs is 1. The third-order valence-corrected chi connectivity index (χ3v) is 8.98. The average molecular weight is 411 g/mol. The van der Waals surface area contributed by atoms with Crippen molar-refractivity contribution >= 4 is 5.78 Å². The number of nitrogens with zero attached hydrogens (tertiary/aromatic N) is 2. The second kappa shape index (κ2) is 8.15. The molecule has 0 spiro atoms. The molecule has 4 rings (SSSR count). The van der Waals surface area contributed by atoms with Crippen molar-refractivity contribution in [1.82, 2.24) is 9.78 Å².